The number of rotatable bonds is 2. The third-order valence-corrected chi connectivity index (χ3v) is 2.92. The van der Waals surface area contributed by atoms with Crippen LogP contribution in [-0.2, 0) is 4.74 Å². The molecule has 4 heteroatoms. The molecule has 1 aliphatic rings. The molecule has 1 aliphatic carbocycles. The quantitative estimate of drug-likeness (QED) is 0.722. The second-order valence-corrected chi connectivity index (χ2v) is 4.08. The molecule has 0 radical (unpaired) electrons. The Labute approximate surface area is 92.8 Å². The van der Waals surface area contributed by atoms with Gasteiger partial charge in [-0.25, -0.2) is 9.78 Å². The van der Waals surface area contributed by atoms with Gasteiger partial charge in [0.2, 0.25) is 0 Å². The lowest BCUT2D eigenvalue weighted by molar-refractivity contribution is 0.0600. The van der Waals surface area contributed by atoms with Crippen molar-refractivity contribution in [3.05, 3.63) is 30.1 Å². The van der Waals surface area contributed by atoms with Gasteiger partial charge < -0.3 is 9.30 Å². The fraction of sp³-hybridized carbons (Fsp3) is 0.333. The molecule has 1 saturated carbocycles. The summed E-state index contributed by atoms with van der Waals surface area (Å²) in [6.45, 7) is 0. The van der Waals surface area contributed by atoms with Crippen molar-refractivity contribution >= 4 is 17.0 Å². The molecule has 1 fully saturated rings. The summed E-state index contributed by atoms with van der Waals surface area (Å²) in [5.41, 5.74) is 1.46. The van der Waals surface area contributed by atoms with E-state index in [4.69, 9.17) is 0 Å². The van der Waals surface area contributed by atoms with E-state index in [1.807, 2.05) is 18.3 Å². The van der Waals surface area contributed by atoms with Gasteiger partial charge in [0.15, 0.2) is 0 Å². The first-order chi connectivity index (χ1) is 7.79. The molecule has 0 atom stereocenters. The molecule has 0 amide bonds. The number of hydrogen-bond donors (Lipinski definition) is 0. The molecule has 2 aromatic rings. The van der Waals surface area contributed by atoms with Crippen molar-refractivity contribution in [3.8, 4) is 0 Å². The smallest absolute Gasteiger partial charge is 0.339 e. The Kier molecular flexibility index (Phi) is 1.96. The zero-order valence-electron chi connectivity index (χ0n) is 9.01. The van der Waals surface area contributed by atoms with Crippen LogP contribution in [0.3, 0.4) is 0 Å². The minimum atomic E-state index is -0.339. The number of nitrogens with zero attached hydrogens (tertiary/aromatic N) is 2. The maximum atomic E-state index is 11.3. The van der Waals surface area contributed by atoms with E-state index in [1.54, 1.807) is 6.20 Å². The summed E-state index contributed by atoms with van der Waals surface area (Å²) in [7, 11) is 1.38. The minimum absolute atomic E-state index is 0.339. The molecule has 16 heavy (non-hydrogen) atoms. The largest absolute Gasteiger partial charge is 0.465 e. The maximum Gasteiger partial charge on any atom is 0.339 e. The summed E-state index contributed by atoms with van der Waals surface area (Å²) in [5, 5.41) is 0.995. The number of carbonyl (C=O) groups excluding carboxylic acids is 1. The Hall–Kier alpha value is -1.84. The van der Waals surface area contributed by atoms with Crippen molar-refractivity contribution in [2.45, 2.75) is 18.9 Å². The molecule has 0 saturated heterocycles. The highest BCUT2D eigenvalue weighted by Gasteiger charge is 2.25. The van der Waals surface area contributed by atoms with Crippen LogP contribution < -0.4 is 0 Å². The van der Waals surface area contributed by atoms with E-state index in [9.17, 15) is 4.79 Å². The second kappa shape index (κ2) is 3.33. The first-order valence-corrected chi connectivity index (χ1v) is 5.34. The fourth-order valence-corrected chi connectivity index (χ4v) is 1.92. The summed E-state index contributed by atoms with van der Waals surface area (Å²) >= 11 is 0. The van der Waals surface area contributed by atoms with Gasteiger partial charge in [-0.2, -0.15) is 0 Å². The Morgan fingerprint density at radius 3 is 3.06 bits per heavy atom. The average molecular weight is 216 g/mol. The number of carbonyl (C=O) groups is 1. The highest BCUT2D eigenvalue weighted by molar-refractivity contribution is 5.93. The molecular weight excluding hydrogens is 204 g/mol. The van der Waals surface area contributed by atoms with Gasteiger partial charge in [-0.05, 0) is 25.0 Å². The van der Waals surface area contributed by atoms with E-state index in [1.165, 1.54) is 20.0 Å². The first-order valence-electron chi connectivity index (χ1n) is 5.34. The van der Waals surface area contributed by atoms with Crippen LogP contribution in [0, 0.1) is 0 Å². The summed E-state index contributed by atoms with van der Waals surface area (Å²) in [6.07, 6.45) is 6.07. The standard InChI is InChI=1S/C12H12N2O2/c1-16-12(15)9-6-8-4-5-14(10-2-3-10)11(8)13-7-9/h4-7,10H,2-3H2,1H3. The molecule has 0 bridgehead atoms. The van der Waals surface area contributed by atoms with Crippen molar-refractivity contribution in [1.82, 2.24) is 9.55 Å². The van der Waals surface area contributed by atoms with Gasteiger partial charge in [0.05, 0.1) is 12.7 Å². The van der Waals surface area contributed by atoms with Crippen molar-refractivity contribution in [1.29, 1.82) is 0 Å². The van der Waals surface area contributed by atoms with Gasteiger partial charge in [0.25, 0.3) is 0 Å². The molecule has 2 aromatic heterocycles. The van der Waals surface area contributed by atoms with E-state index in [2.05, 4.69) is 14.3 Å². The highest BCUT2D eigenvalue weighted by atomic mass is 16.5. The van der Waals surface area contributed by atoms with E-state index in [0.29, 0.717) is 11.6 Å². The van der Waals surface area contributed by atoms with Crippen LogP contribution in [0.5, 0.6) is 0 Å². The molecule has 0 spiro atoms. The Morgan fingerprint density at radius 1 is 1.56 bits per heavy atom. The fourth-order valence-electron chi connectivity index (χ4n) is 1.92. The zero-order valence-corrected chi connectivity index (χ0v) is 9.01. The Bertz CT molecular complexity index is 555. The van der Waals surface area contributed by atoms with Crippen LogP contribution >= 0.6 is 0 Å². The van der Waals surface area contributed by atoms with Crippen LogP contribution in [0.15, 0.2) is 24.5 Å². The van der Waals surface area contributed by atoms with Crippen LogP contribution in [0.4, 0.5) is 0 Å². The van der Waals surface area contributed by atoms with Crippen LogP contribution in [-0.4, -0.2) is 22.6 Å². The normalized spacial score (nSPS) is 15.3. The van der Waals surface area contributed by atoms with Crippen molar-refractivity contribution in [2.24, 2.45) is 0 Å². The number of ether oxygens (including phenoxy) is 1. The third-order valence-electron chi connectivity index (χ3n) is 2.92. The summed E-state index contributed by atoms with van der Waals surface area (Å²) in [5.74, 6) is -0.339. The van der Waals surface area contributed by atoms with Crippen LogP contribution in [0.25, 0.3) is 11.0 Å². The lowest BCUT2D eigenvalue weighted by atomic mass is 10.2. The van der Waals surface area contributed by atoms with Gasteiger partial charge in [-0.1, -0.05) is 0 Å². The number of esters is 1. The lowest BCUT2D eigenvalue weighted by Gasteiger charge is -2.02. The predicted molar refractivity (Wildman–Crippen MR) is 59.3 cm³/mol. The molecule has 3 rings (SSSR count). The van der Waals surface area contributed by atoms with E-state index in [-0.39, 0.29) is 5.97 Å². The molecule has 4 nitrogen and oxygen atoms in total. The number of fused-ring (bicyclic) bond motifs is 1. The van der Waals surface area contributed by atoms with E-state index < -0.39 is 0 Å². The monoisotopic (exact) mass is 216 g/mol. The van der Waals surface area contributed by atoms with Crippen molar-refractivity contribution in [2.75, 3.05) is 7.11 Å². The molecule has 2 heterocycles. The molecule has 0 N–H and O–H groups in total. The van der Waals surface area contributed by atoms with Crippen molar-refractivity contribution < 1.29 is 9.53 Å². The lowest BCUT2D eigenvalue weighted by Crippen LogP contribution is -2.02. The molecule has 82 valence electrons. The number of hydrogen-bond acceptors (Lipinski definition) is 3. The SMILES string of the molecule is COC(=O)c1cnc2c(ccn2C2CC2)c1. The van der Waals surface area contributed by atoms with Crippen LogP contribution in [0.1, 0.15) is 29.2 Å². The van der Waals surface area contributed by atoms with Crippen LogP contribution in [0.2, 0.25) is 0 Å². The second-order valence-electron chi connectivity index (χ2n) is 4.08. The summed E-state index contributed by atoms with van der Waals surface area (Å²) in [4.78, 5) is 15.7. The Balaban J connectivity index is 2.09. The van der Waals surface area contributed by atoms with Gasteiger partial charge in [0, 0.05) is 23.8 Å². The maximum absolute atomic E-state index is 11.3. The molecular formula is C12H12N2O2. The molecule has 0 aromatic carbocycles. The third kappa shape index (κ3) is 1.38. The van der Waals surface area contributed by atoms with E-state index >= 15 is 0 Å². The Morgan fingerprint density at radius 2 is 2.38 bits per heavy atom. The molecule has 0 aliphatic heterocycles. The van der Waals surface area contributed by atoms with Gasteiger partial charge >= 0.3 is 5.97 Å². The number of aromatic nitrogens is 2. The number of methoxy groups -OCH3 is 1. The number of pyridine rings is 1. The molecule has 0 unspecified atom stereocenters. The van der Waals surface area contributed by atoms with E-state index in [0.717, 1.165) is 11.0 Å². The van der Waals surface area contributed by atoms with Crippen molar-refractivity contribution in [3.63, 3.8) is 0 Å². The topological polar surface area (TPSA) is 44.1 Å². The highest BCUT2D eigenvalue weighted by Crippen LogP contribution is 2.37. The predicted octanol–water partition coefficient (Wildman–Crippen LogP) is 2.16. The average Bonchev–Trinajstić information content (AvgIpc) is 3.08. The van der Waals surface area contributed by atoms with Gasteiger partial charge in [-0.3, -0.25) is 0 Å². The summed E-state index contributed by atoms with van der Waals surface area (Å²) < 4.78 is 6.84. The zero-order chi connectivity index (χ0) is 11.1. The first kappa shape index (κ1) is 9.39. The van der Waals surface area contributed by atoms with Gasteiger partial charge in [0.1, 0.15) is 5.65 Å². The van der Waals surface area contributed by atoms with Gasteiger partial charge in [-0.15, -0.1) is 0 Å². The minimum Gasteiger partial charge on any atom is -0.465 e. The summed E-state index contributed by atoms with van der Waals surface area (Å²) in [6, 6.07) is 4.43.